The van der Waals surface area contributed by atoms with Crippen molar-refractivity contribution in [3.8, 4) is 0 Å². The molecule has 0 aliphatic rings. The van der Waals surface area contributed by atoms with Crippen LogP contribution < -0.4 is 5.32 Å². The normalized spacial score (nSPS) is 10.6. The molecule has 0 aliphatic carbocycles. The van der Waals surface area contributed by atoms with Crippen LogP contribution in [-0.2, 0) is 4.74 Å². The largest absolute Gasteiger partial charge is 0.448 e. The zero-order chi connectivity index (χ0) is 14.3. The Morgan fingerprint density at radius 2 is 2.00 bits per heavy atom. The quantitative estimate of drug-likeness (QED) is 0.867. The molecular weight excluding hydrogens is 287 g/mol. The first-order valence-electron chi connectivity index (χ1n) is 6.18. The second-order valence-corrected chi connectivity index (χ2v) is 4.76. The van der Waals surface area contributed by atoms with Gasteiger partial charge in [-0.05, 0) is 31.3 Å². The number of amides is 1. The molecule has 1 N–H and O–H groups in total. The molecule has 0 heterocycles. The van der Waals surface area contributed by atoms with Crippen LogP contribution in [0.25, 0.3) is 0 Å². The Bertz CT molecular complexity index is 423. The molecule has 4 nitrogen and oxygen atoms in total. The molecule has 6 heteroatoms. The number of benzene rings is 1. The van der Waals surface area contributed by atoms with Gasteiger partial charge in [0.1, 0.15) is 6.61 Å². The van der Waals surface area contributed by atoms with Crippen molar-refractivity contribution in [2.24, 2.45) is 0 Å². The van der Waals surface area contributed by atoms with E-state index in [1.807, 2.05) is 0 Å². The molecule has 0 saturated carbocycles. The summed E-state index contributed by atoms with van der Waals surface area (Å²) in [5.41, 5.74) is 0.446. The van der Waals surface area contributed by atoms with Crippen LogP contribution in [0.2, 0.25) is 10.0 Å². The molecule has 1 rings (SSSR count). The maximum atomic E-state index is 11.6. The van der Waals surface area contributed by atoms with E-state index in [-0.39, 0.29) is 0 Å². The molecule has 0 bridgehead atoms. The third-order valence-corrected chi connectivity index (χ3v) is 3.26. The summed E-state index contributed by atoms with van der Waals surface area (Å²) in [7, 11) is 0. The molecule has 1 aromatic carbocycles. The highest BCUT2D eigenvalue weighted by atomic mass is 35.5. The molecule has 0 saturated heterocycles. The number of hydrogen-bond acceptors (Lipinski definition) is 3. The van der Waals surface area contributed by atoms with Crippen LogP contribution in [0.5, 0.6) is 0 Å². The van der Waals surface area contributed by atoms with Crippen molar-refractivity contribution < 1.29 is 9.53 Å². The van der Waals surface area contributed by atoms with Gasteiger partial charge in [-0.3, -0.25) is 5.32 Å². The summed E-state index contributed by atoms with van der Waals surface area (Å²) in [5, 5.41) is 3.49. The van der Waals surface area contributed by atoms with Gasteiger partial charge in [-0.2, -0.15) is 0 Å². The minimum absolute atomic E-state index is 0.339. The zero-order valence-electron chi connectivity index (χ0n) is 11.1. The van der Waals surface area contributed by atoms with Crippen LogP contribution in [0.4, 0.5) is 10.5 Å². The molecule has 0 spiro atoms. The van der Waals surface area contributed by atoms with Gasteiger partial charge in [0.15, 0.2) is 0 Å². The first-order chi connectivity index (χ1) is 9.06. The Hall–Kier alpha value is -0.970. The average Bonchev–Trinajstić information content (AvgIpc) is 2.39. The van der Waals surface area contributed by atoms with Crippen molar-refractivity contribution in [2.75, 3.05) is 31.6 Å². The molecule has 106 valence electrons. The lowest BCUT2D eigenvalue weighted by atomic mass is 10.3. The van der Waals surface area contributed by atoms with Crippen LogP contribution in [0.1, 0.15) is 13.8 Å². The van der Waals surface area contributed by atoms with Crippen LogP contribution in [0.15, 0.2) is 18.2 Å². The maximum absolute atomic E-state index is 11.6. The van der Waals surface area contributed by atoms with Crippen molar-refractivity contribution in [1.82, 2.24) is 4.90 Å². The lowest BCUT2D eigenvalue weighted by molar-refractivity contribution is 0.142. The third kappa shape index (κ3) is 5.68. The van der Waals surface area contributed by atoms with Crippen molar-refractivity contribution >= 4 is 35.0 Å². The molecule has 1 amide bonds. The van der Waals surface area contributed by atoms with Crippen molar-refractivity contribution in [3.05, 3.63) is 28.2 Å². The van der Waals surface area contributed by atoms with Crippen LogP contribution in [0.3, 0.4) is 0 Å². The van der Waals surface area contributed by atoms with E-state index >= 15 is 0 Å². The molecule has 0 atom stereocenters. The molecule has 19 heavy (non-hydrogen) atoms. The Morgan fingerprint density at radius 3 is 2.63 bits per heavy atom. The van der Waals surface area contributed by atoms with Crippen molar-refractivity contribution in [3.63, 3.8) is 0 Å². The Kier molecular flexibility index (Phi) is 6.99. The van der Waals surface area contributed by atoms with Gasteiger partial charge in [-0.15, -0.1) is 0 Å². The molecular formula is C13H18Cl2N2O2. The van der Waals surface area contributed by atoms with Gasteiger partial charge in [-0.25, -0.2) is 4.79 Å². The molecule has 0 fully saturated rings. The Morgan fingerprint density at radius 1 is 1.32 bits per heavy atom. The van der Waals surface area contributed by atoms with Crippen LogP contribution in [-0.4, -0.2) is 37.2 Å². The number of nitrogens with one attached hydrogen (secondary N) is 1. The van der Waals surface area contributed by atoms with Gasteiger partial charge < -0.3 is 9.64 Å². The van der Waals surface area contributed by atoms with Gasteiger partial charge in [0.25, 0.3) is 0 Å². The molecule has 0 aromatic heterocycles. The van der Waals surface area contributed by atoms with Crippen molar-refractivity contribution in [1.29, 1.82) is 0 Å². The fourth-order valence-electron chi connectivity index (χ4n) is 1.55. The highest BCUT2D eigenvalue weighted by Crippen LogP contribution is 2.25. The van der Waals surface area contributed by atoms with Gasteiger partial charge in [0.05, 0.1) is 10.7 Å². The second-order valence-electron chi connectivity index (χ2n) is 3.91. The predicted octanol–water partition coefficient (Wildman–Crippen LogP) is 3.88. The SMILES string of the molecule is CCN(CC)CCOC(=O)Nc1cc(Cl)ccc1Cl. The van der Waals surface area contributed by atoms with E-state index in [4.69, 9.17) is 27.9 Å². The van der Waals surface area contributed by atoms with Crippen LogP contribution in [0, 0.1) is 0 Å². The summed E-state index contributed by atoms with van der Waals surface area (Å²) in [5.74, 6) is 0. The monoisotopic (exact) mass is 304 g/mol. The van der Waals surface area contributed by atoms with E-state index in [9.17, 15) is 4.79 Å². The zero-order valence-corrected chi connectivity index (χ0v) is 12.6. The number of anilines is 1. The summed E-state index contributed by atoms with van der Waals surface area (Å²) in [6.07, 6.45) is -0.531. The summed E-state index contributed by atoms with van der Waals surface area (Å²) in [6.45, 7) is 7.04. The number of carbonyl (C=O) groups is 1. The lowest BCUT2D eigenvalue weighted by Crippen LogP contribution is -2.28. The fourth-order valence-corrected chi connectivity index (χ4v) is 1.88. The molecule has 0 aliphatic heterocycles. The summed E-state index contributed by atoms with van der Waals surface area (Å²) in [6, 6.07) is 4.85. The third-order valence-electron chi connectivity index (χ3n) is 2.70. The van der Waals surface area contributed by atoms with E-state index in [0.29, 0.717) is 28.9 Å². The van der Waals surface area contributed by atoms with Gasteiger partial charge >= 0.3 is 6.09 Å². The van der Waals surface area contributed by atoms with Crippen molar-refractivity contribution in [2.45, 2.75) is 13.8 Å². The van der Waals surface area contributed by atoms with Gasteiger partial charge in [-0.1, -0.05) is 37.0 Å². The minimum atomic E-state index is -0.531. The predicted molar refractivity (Wildman–Crippen MR) is 79.2 cm³/mol. The number of rotatable bonds is 6. The Labute approximate surface area is 123 Å². The fraction of sp³-hybridized carbons (Fsp3) is 0.462. The molecule has 0 radical (unpaired) electrons. The first kappa shape index (κ1) is 16.1. The summed E-state index contributed by atoms with van der Waals surface area (Å²) in [4.78, 5) is 13.7. The average molecular weight is 305 g/mol. The summed E-state index contributed by atoms with van der Waals surface area (Å²) < 4.78 is 5.08. The maximum Gasteiger partial charge on any atom is 0.411 e. The smallest absolute Gasteiger partial charge is 0.411 e. The number of likely N-dealkylation sites (N-methyl/N-ethyl adjacent to an activating group) is 1. The summed E-state index contributed by atoms with van der Waals surface area (Å²) >= 11 is 11.8. The molecule has 0 unspecified atom stereocenters. The number of nitrogens with zero attached hydrogens (tertiary/aromatic N) is 1. The number of carbonyl (C=O) groups excluding carboxylic acids is 1. The first-order valence-corrected chi connectivity index (χ1v) is 6.93. The van der Waals surface area contributed by atoms with E-state index in [0.717, 1.165) is 13.1 Å². The van der Waals surface area contributed by atoms with Gasteiger partial charge in [0.2, 0.25) is 0 Å². The van der Waals surface area contributed by atoms with Gasteiger partial charge in [0, 0.05) is 11.6 Å². The minimum Gasteiger partial charge on any atom is -0.448 e. The number of halogens is 2. The standard InChI is InChI=1S/C13H18Cl2N2O2/c1-3-17(4-2)7-8-19-13(18)16-12-9-10(14)5-6-11(12)15/h5-6,9H,3-4,7-8H2,1-2H3,(H,16,18). The highest BCUT2D eigenvalue weighted by molar-refractivity contribution is 6.35. The second kappa shape index (κ2) is 8.25. The lowest BCUT2D eigenvalue weighted by Gasteiger charge is -2.17. The van der Waals surface area contributed by atoms with E-state index in [1.165, 1.54) is 0 Å². The van der Waals surface area contributed by atoms with E-state index in [2.05, 4.69) is 24.1 Å². The van der Waals surface area contributed by atoms with E-state index in [1.54, 1.807) is 18.2 Å². The number of hydrogen-bond donors (Lipinski definition) is 1. The van der Waals surface area contributed by atoms with E-state index < -0.39 is 6.09 Å². The topological polar surface area (TPSA) is 41.6 Å². The highest BCUT2D eigenvalue weighted by Gasteiger charge is 2.08. The van der Waals surface area contributed by atoms with Crippen LogP contribution >= 0.6 is 23.2 Å². The Balaban J connectivity index is 2.41. The number of ether oxygens (including phenoxy) is 1. The molecule has 1 aromatic rings.